The predicted octanol–water partition coefficient (Wildman–Crippen LogP) is 8.14. The van der Waals surface area contributed by atoms with Crippen molar-refractivity contribution in [3.8, 4) is 35.8 Å². The molecule has 0 saturated carbocycles. The van der Waals surface area contributed by atoms with Crippen LogP contribution in [0.1, 0.15) is 22.3 Å². The van der Waals surface area contributed by atoms with E-state index < -0.39 is 0 Å². The van der Waals surface area contributed by atoms with Gasteiger partial charge in [0.25, 0.3) is 0 Å². The highest BCUT2D eigenvalue weighted by Crippen LogP contribution is 2.19. The fourth-order valence-electron chi connectivity index (χ4n) is 5.15. The van der Waals surface area contributed by atoms with Gasteiger partial charge in [0, 0.05) is 26.2 Å². The summed E-state index contributed by atoms with van der Waals surface area (Å²) in [6.45, 7) is 4.08. The number of allylic oxidation sites excluding steroid dienone is 6. The molecular formula is C44H40N6O3. The van der Waals surface area contributed by atoms with E-state index in [2.05, 4.69) is 34.1 Å². The quantitative estimate of drug-likeness (QED) is 0.0510. The summed E-state index contributed by atoms with van der Waals surface area (Å²) in [5.74, 6) is 1.48. The molecule has 0 radical (unpaired) electrons. The van der Waals surface area contributed by atoms with E-state index in [1.807, 2.05) is 122 Å². The molecule has 0 aromatic heterocycles. The Morgan fingerprint density at radius 2 is 0.849 bits per heavy atom. The van der Waals surface area contributed by atoms with E-state index in [1.54, 1.807) is 12.2 Å². The van der Waals surface area contributed by atoms with Gasteiger partial charge < -0.3 is 24.0 Å². The fourth-order valence-corrected chi connectivity index (χ4v) is 5.15. The first-order valence-corrected chi connectivity index (χ1v) is 17.0. The topological polar surface area (TPSA) is 129 Å². The van der Waals surface area contributed by atoms with E-state index in [1.165, 1.54) is 12.2 Å². The Bertz CT molecular complexity index is 1850. The molecule has 0 fully saturated rings. The molecule has 264 valence electrons. The Hall–Kier alpha value is -7.04. The van der Waals surface area contributed by atoms with Crippen LogP contribution in [-0.4, -0.2) is 36.2 Å². The van der Waals surface area contributed by atoms with Crippen molar-refractivity contribution in [3.63, 3.8) is 0 Å². The van der Waals surface area contributed by atoms with Crippen molar-refractivity contribution in [2.45, 2.75) is 26.2 Å². The van der Waals surface area contributed by atoms with E-state index in [0.717, 1.165) is 33.8 Å². The highest BCUT2D eigenvalue weighted by Gasteiger charge is 2.07. The summed E-state index contributed by atoms with van der Waals surface area (Å²) in [5.41, 5.74) is 4.47. The maximum Gasteiger partial charge on any atom is 0.129 e. The molecule has 0 aliphatic heterocycles. The zero-order valence-corrected chi connectivity index (χ0v) is 29.4. The number of hydrogen-bond acceptors (Lipinski definition) is 9. The number of nitriles is 4. The van der Waals surface area contributed by atoms with Crippen molar-refractivity contribution in [2.75, 3.05) is 26.4 Å². The summed E-state index contributed by atoms with van der Waals surface area (Å²) >= 11 is 0. The number of ether oxygens (including phenoxy) is 3. The lowest BCUT2D eigenvalue weighted by Crippen LogP contribution is -2.16. The zero-order valence-electron chi connectivity index (χ0n) is 29.4. The minimum atomic E-state index is 0.0469. The van der Waals surface area contributed by atoms with Gasteiger partial charge in [0.15, 0.2) is 0 Å². The van der Waals surface area contributed by atoms with Gasteiger partial charge in [-0.25, -0.2) is 0 Å². The predicted molar refractivity (Wildman–Crippen MR) is 203 cm³/mol. The largest absolute Gasteiger partial charge is 0.491 e. The minimum absolute atomic E-state index is 0.0469. The van der Waals surface area contributed by atoms with Gasteiger partial charge >= 0.3 is 0 Å². The molecule has 0 aliphatic rings. The lowest BCUT2D eigenvalue weighted by molar-refractivity contribution is 0.0764. The molecule has 0 amide bonds. The van der Waals surface area contributed by atoms with Crippen LogP contribution in [-0.2, 0) is 30.9 Å². The summed E-state index contributed by atoms with van der Waals surface area (Å²) in [7, 11) is 0. The first-order valence-electron chi connectivity index (χ1n) is 17.0. The highest BCUT2D eigenvalue weighted by atomic mass is 16.5. The summed E-state index contributed by atoms with van der Waals surface area (Å²) in [6, 6.07) is 43.5. The third-order valence-corrected chi connectivity index (χ3v) is 7.62. The van der Waals surface area contributed by atoms with Crippen molar-refractivity contribution in [1.29, 1.82) is 21.0 Å². The summed E-state index contributed by atoms with van der Waals surface area (Å²) in [5, 5.41) is 36.2. The van der Waals surface area contributed by atoms with E-state index in [0.29, 0.717) is 52.6 Å². The average molecular weight is 701 g/mol. The second-order valence-electron chi connectivity index (χ2n) is 11.7. The number of rotatable bonds is 20. The van der Waals surface area contributed by atoms with Gasteiger partial charge in [-0.2, -0.15) is 21.0 Å². The van der Waals surface area contributed by atoms with Crippen molar-refractivity contribution >= 4 is 0 Å². The molecule has 4 aromatic carbocycles. The van der Waals surface area contributed by atoms with E-state index in [4.69, 9.17) is 35.3 Å². The van der Waals surface area contributed by atoms with Crippen LogP contribution in [0, 0.1) is 45.3 Å². The first kappa shape index (κ1) is 38.8. The highest BCUT2D eigenvalue weighted by molar-refractivity contribution is 5.39. The van der Waals surface area contributed by atoms with Crippen LogP contribution in [0.5, 0.6) is 11.5 Å². The van der Waals surface area contributed by atoms with E-state index in [-0.39, 0.29) is 11.1 Å². The Morgan fingerprint density at radius 3 is 1.25 bits per heavy atom. The molecule has 9 nitrogen and oxygen atoms in total. The molecule has 0 aliphatic carbocycles. The van der Waals surface area contributed by atoms with Gasteiger partial charge in [-0.15, -0.1) is 0 Å². The molecule has 0 heterocycles. The van der Waals surface area contributed by atoms with Gasteiger partial charge in [-0.1, -0.05) is 84.9 Å². The molecule has 0 unspecified atom stereocenters. The second-order valence-corrected chi connectivity index (χ2v) is 11.7. The number of nitrogens with zero attached hydrogens (tertiary/aromatic N) is 6. The van der Waals surface area contributed by atoms with Crippen molar-refractivity contribution in [3.05, 3.63) is 179 Å². The van der Waals surface area contributed by atoms with Gasteiger partial charge in [-0.3, -0.25) is 0 Å². The van der Waals surface area contributed by atoms with Crippen LogP contribution in [0.25, 0.3) is 0 Å². The van der Waals surface area contributed by atoms with Crippen LogP contribution in [0.4, 0.5) is 0 Å². The smallest absolute Gasteiger partial charge is 0.129 e. The second kappa shape index (κ2) is 22.6. The normalized spacial score (nSPS) is 10.3. The molecule has 4 aromatic rings. The molecule has 0 bridgehead atoms. The Kier molecular flexibility index (Phi) is 16.5. The molecule has 0 atom stereocenters. The van der Waals surface area contributed by atoms with Crippen molar-refractivity contribution in [1.82, 2.24) is 9.80 Å². The Balaban J connectivity index is 1.23. The van der Waals surface area contributed by atoms with Crippen LogP contribution in [0.15, 0.2) is 157 Å². The van der Waals surface area contributed by atoms with E-state index >= 15 is 0 Å². The summed E-state index contributed by atoms with van der Waals surface area (Å²) in [6.07, 6.45) is 10.2. The molecule has 0 saturated heterocycles. The lowest BCUT2D eigenvalue weighted by Gasteiger charge is -2.21. The lowest BCUT2D eigenvalue weighted by atomic mass is 10.1. The molecular weight excluding hydrogens is 661 g/mol. The van der Waals surface area contributed by atoms with Gasteiger partial charge in [0.05, 0.1) is 13.2 Å². The molecule has 4 rings (SSSR count). The number of benzene rings is 4. The molecule has 0 N–H and O–H groups in total. The van der Waals surface area contributed by atoms with Crippen LogP contribution in [0.3, 0.4) is 0 Å². The minimum Gasteiger partial charge on any atom is -0.491 e. The maximum atomic E-state index is 9.05. The molecule has 9 heteroatoms. The summed E-state index contributed by atoms with van der Waals surface area (Å²) in [4.78, 5) is 4.22. The third kappa shape index (κ3) is 14.8. The van der Waals surface area contributed by atoms with Crippen LogP contribution in [0.2, 0.25) is 0 Å². The first-order chi connectivity index (χ1) is 26.1. The number of hydrogen-bond donors (Lipinski definition) is 0. The summed E-state index contributed by atoms with van der Waals surface area (Å²) < 4.78 is 17.7. The van der Waals surface area contributed by atoms with Crippen LogP contribution < -0.4 is 9.47 Å². The van der Waals surface area contributed by atoms with E-state index in [9.17, 15) is 0 Å². The van der Waals surface area contributed by atoms with Gasteiger partial charge in [-0.05, 0) is 83.2 Å². The molecule has 53 heavy (non-hydrogen) atoms. The monoisotopic (exact) mass is 700 g/mol. The maximum absolute atomic E-state index is 9.05. The standard InChI is InChI=1S/C44H40N6O3/c45-29-41(30-46)17-9-21-49(33-37-11-3-1-4-12-37)35-39-15-7-19-43(27-39)52-25-23-51-24-26-53-44-20-8-16-40(28-44)36-50(22-10-18-42(31-47)32-48)34-38-13-5-2-6-14-38/h1-22,27-28H,23-26,33-36H2/b21-9+,22-10+. The third-order valence-electron chi connectivity index (χ3n) is 7.62. The Labute approximate surface area is 312 Å². The Morgan fingerprint density at radius 1 is 0.472 bits per heavy atom. The van der Waals surface area contributed by atoms with Crippen LogP contribution >= 0.6 is 0 Å². The van der Waals surface area contributed by atoms with Crippen molar-refractivity contribution in [2.24, 2.45) is 0 Å². The van der Waals surface area contributed by atoms with Gasteiger partial charge in [0.1, 0.15) is 60.1 Å². The van der Waals surface area contributed by atoms with Crippen molar-refractivity contribution < 1.29 is 14.2 Å². The van der Waals surface area contributed by atoms with Gasteiger partial charge in [0.2, 0.25) is 0 Å². The molecule has 0 spiro atoms. The zero-order chi connectivity index (χ0) is 37.4. The fraction of sp³-hybridized carbons (Fsp3) is 0.182. The average Bonchev–Trinajstić information content (AvgIpc) is 3.19. The SMILES string of the molecule is N#CC(C#N)=C/C=C/N(Cc1ccccc1)Cc1cccc(OCCOCCOc2cccc(CN(/C=C/C=C(C#N)C#N)Cc3ccccc3)c2)c1.